The van der Waals surface area contributed by atoms with Crippen LogP contribution in [0.2, 0.25) is 0 Å². The van der Waals surface area contributed by atoms with E-state index in [2.05, 4.69) is 0 Å². The Morgan fingerprint density at radius 1 is 0.514 bits per heavy atom. The summed E-state index contributed by atoms with van der Waals surface area (Å²) in [4.78, 5) is 44.4. The van der Waals surface area contributed by atoms with Crippen molar-refractivity contribution < 1.29 is 168 Å². The molecule has 3 atom stereocenters. The Labute approximate surface area is 272 Å². The Bertz CT molecular complexity index is 550. The molecule has 0 fully saturated rings. The van der Waals surface area contributed by atoms with Gasteiger partial charge in [0.15, 0.2) is 0 Å². The van der Waals surface area contributed by atoms with E-state index in [1.54, 1.807) is 0 Å². The van der Waals surface area contributed by atoms with Crippen LogP contribution in [0.4, 0.5) is 0 Å². The van der Waals surface area contributed by atoms with Crippen LogP contribution in [-0.2, 0) is 53.3 Å². The molecule has 0 amide bonds. The molecule has 7 N–H and O–H groups in total. The SMILES string of the molecule is O=C(O)CN(CCN(CC(=O)O)CC(=O)O)CC(=O)O.O=S([O-])O.O=S([O-])O.O=S([O-])O.[Na+].[Na+].[Na+]. The van der Waals surface area contributed by atoms with Crippen LogP contribution in [0.25, 0.3) is 0 Å². The third-order valence-corrected chi connectivity index (χ3v) is 2.17. The first-order valence-electron chi connectivity index (χ1n) is 7.07. The smallest absolute Gasteiger partial charge is 0.750 e. The second-order valence-electron chi connectivity index (χ2n) is 4.65. The summed E-state index contributed by atoms with van der Waals surface area (Å²) in [5.74, 6) is -4.91. The molecule has 0 aliphatic rings. The summed E-state index contributed by atoms with van der Waals surface area (Å²) < 4.78 is 72.2. The van der Waals surface area contributed by atoms with E-state index >= 15 is 0 Å². The summed E-state index contributed by atoms with van der Waals surface area (Å²) in [7, 11) is 0. The van der Waals surface area contributed by atoms with Gasteiger partial charge >= 0.3 is 113 Å². The first-order valence-corrected chi connectivity index (χ1v) is 10.2. The molecule has 0 aromatic rings. The molecule has 0 saturated carbocycles. The second-order valence-corrected chi connectivity index (χ2v) is 5.95. The summed E-state index contributed by atoms with van der Waals surface area (Å²) in [6.07, 6.45) is 0. The van der Waals surface area contributed by atoms with Crippen LogP contribution < -0.4 is 88.7 Å². The zero-order valence-electron chi connectivity index (χ0n) is 18.6. The van der Waals surface area contributed by atoms with E-state index < -0.39 is 84.1 Å². The van der Waals surface area contributed by atoms with Crippen molar-refractivity contribution in [2.45, 2.75) is 0 Å². The normalized spacial score (nSPS) is 11.4. The van der Waals surface area contributed by atoms with Crippen molar-refractivity contribution in [1.82, 2.24) is 9.80 Å². The first-order chi connectivity index (χ1) is 14.4. The van der Waals surface area contributed by atoms with Crippen molar-refractivity contribution in [2.75, 3.05) is 39.3 Å². The van der Waals surface area contributed by atoms with E-state index in [-0.39, 0.29) is 102 Å². The van der Waals surface area contributed by atoms with Crippen molar-refractivity contribution in [2.24, 2.45) is 0 Å². The van der Waals surface area contributed by atoms with Gasteiger partial charge in [0.2, 0.25) is 0 Å². The zero-order chi connectivity index (χ0) is 26.4. The van der Waals surface area contributed by atoms with Gasteiger partial charge in [-0.15, -0.1) is 0 Å². The van der Waals surface area contributed by atoms with Gasteiger partial charge in [0, 0.05) is 13.1 Å². The number of nitrogens with zero attached hydrogens (tertiary/aromatic N) is 2. The molecule has 0 aromatic carbocycles. The molecule has 0 aromatic heterocycles. The Hall–Kier alpha value is 1.01. The fourth-order valence-electron chi connectivity index (χ4n) is 1.48. The molecule has 0 saturated heterocycles. The molecule has 19 nitrogen and oxygen atoms in total. The van der Waals surface area contributed by atoms with Crippen LogP contribution in [0.15, 0.2) is 0 Å². The van der Waals surface area contributed by atoms with Gasteiger partial charge in [0.25, 0.3) is 0 Å². The van der Waals surface area contributed by atoms with Crippen molar-refractivity contribution in [3.05, 3.63) is 0 Å². The van der Waals surface area contributed by atoms with E-state index in [4.69, 9.17) is 60.4 Å². The molecule has 0 rings (SSSR count). The summed E-state index contributed by atoms with van der Waals surface area (Å²) in [6.45, 7) is -2.25. The Kier molecular flexibility index (Phi) is 52.5. The monoisotopic (exact) mass is 604 g/mol. The van der Waals surface area contributed by atoms with Crippen LogP contribution in [0, 0.1) is 0 Å². The molecule has 0 aliphatic heterocycles. The number of hydrogen-bond donors (Lipinski definition) is 7. The molecule has 25 heteroatoms. The largest absolute Gasteiger partial charge is 1.00 e. The van der Waals surface area contributed by atoms with E-state index in [0.29, 0.717) is 0 Å². The van der Waals surface area contributed by atoms with E-state index in [0.717, 1.165) is 9.80 Å². The molecule has 3 unspecified atom stereocenters. The molecular weight excluding hydrogens is 585 g/mol. The van der Waals surface area contributed by atoms with Gasteiger partial charge in [-0.25, -0.2) is 12.6 Å². The van der Waals surface area contributed by atoms with Crippen LogP contribution >= 0.6 is 0 Å². The maximum absolute atomic E-state index is 10.6. The molecule has 0 radical (unpaired) electrons. The van der Waals surface area contributed by atoms with Crippen LogP contribution in [0.5, 0.6) is 0 Å². The molecule has 0 bridgehead atoms. The number of rotatable bonds is 11. The first kappa shape index (κ1) is 52.4. The van der Waals surface area contributed by atoms with Crippen LogP contribution in [0.1, 0.15) is 0 Å². The van der Waals surface area contributed by atoms with Gasteiger partial charge in [-0.05, 0) is 0 Å². The molecule has 192 valence electrons. The number of carboxylic acids is 4. The average molecular weight is 604 g/mol. The molecular formula is C10H19N2Na3O17S3. The maximum atomic E-state index is 10.6. The zero-order valence-corrected chi connectivity index (χ0v) is 27.0. The molecule has 0 spiro atoms. The number of carboxylic acid groups (broad SMARTS) is 4. The predicted octanol–water partition coefficient (Wildman–Crippen LogP) is -13.0. The van der Waals surface area contributed by atoms with Gasteiger partial charge in [0.1, 0.15) is 0 Å². The summed E-state index contributed by atoms with van der Waals surface area (Å²) >= 11 is -8.58. The Morgan fingerprint density at radius 3 is 0.714 bits per heavy atom. The van der Waals surface area contributed by atoms with Gasteiger partial charge in [-0.3, -0.25) is 29.0 Å². The van der Waals surface area contributed by atoms with Crippen molar-refractivity contribution >= 4 is 58.0 Å². The van der Waals surface area contributed by atoms with Gasteiger partial charge in [-0.2, -0.15) is 0 Å². The van der Waals surface area contributed by atoms with E-state index in [9.17, 15) is 19.2 Å². The fourth-order valence-corrected chi connectivity index (χ4v) is 1.48. The van der Waals surface area contributed by atoms with Crippen LogP contribution in [0.3, 0.4) is 0 Å². The minimum atomic E-state index is -2.86. The predicted molar refractivity (Wildman–Crippen MR) is 98.1 cm³/mol. The number of hydrogen-bond acceptors (Lipinski definition) is 12. The molecule has 0 heterocycles. The quantitative estimate of drug-likeness (QED) is 0.0849. The Balaban J connectivity index is -0.0000000872. The Morgan fingerprint density at radius 2 is 0.629 bits per heavy atom. The third kappa shape index (κ3) is 78.7. The molecule has 35 heavy (non-hydrogen) atoms. The van der Waals surface area contributed by atoms with Gasteiger partial charge in [-0.1, -0.05) is 0 Å². The van der Waals surface area contributed by atoms with Crippen molar-refractivity contribution in [3.63, 3.8) is 0 Å². The topological polar surface area (TPSA) is 337 Å². The number of carbonyl (C=O) groups is 4. The van der Waals surface area contributed by atoms with Crippen molar-refractivity contribution in [1.29, 1.82) is 0 Å². The minimum absolute atomic E-state index is 0. The van der Waals surface area contributed by atoms with Crippen LogP contribution in [-0.4, -0.2) is 133 Å². The average Bonchev–Trinajstić information content (AvgIpc) is 2.48. The third-order valence-electron chi connectivity index (χ3n) is 2.17. The number of aliphatic carboxylic acids is 4. The second kappa shape index (κ2) is 35.0. The summed E-state index contributed by atoms with van der Waals surface area (Å²) in [5.41, 5.74) is 0. The van der Waals surface area contributed by atoms with Crippen molar-refractivity contribution in [3.8, 4) is 0 Å². The summed E-state index contributed by atoms with van der Waals surface area (Å²) in [5, 5.41) is 34.5. The molecule has 0 aliphatic carbocycles. The fraction of sp³-hybridized carbons (Fsp3) is 0.600. The van der Waals surface area contributed by atoms with E-state index in [1.807, 2.05) is 0 Å². The van der Waals surface area contributed by atoms with E-state index in [1.165, 1.54) is 0 Å². The summed E-state index contributed by atoms with van der Waals surface area (Å²) in [6, 6.07) is 0. The van der Waals surface area contributed by atoms with Gasteiger partial charge in [0.05, 0.1) is 60.3 Å². The maximum Gasteiger partial charge on any atom is 1.00 e. The standard InChI is InChI=1S/C10H16N2O8.3Na.3H2O3S/c13-7(14)3-11(4-8(15)16)1-2-12(5-9(17)18)6-10(19)20;;;;3*1-4(2)3/h1-6H2,(H,13,14)(H,15,16)(H,17,18)(H,19,20);;;;3*(H2,1,2,3)/q;3*+1;;;/p-3. The van der Waals surface area contributed by atoms with Gasteiger partial charge < -0.3 is 47.7 Å². The minimum Gasteiger partial charge on any atom is -0.750 e.